The lowest BCUT2D eigenvalue weighted by Gasteiger charge is -2.35. The maximum absolute atomic E-state index is 6.43. The summed E-state index contributed by atoms with van der Waals surface area (Å²) in [4.78, 5) is 0. The molecule has 0 aromatic carbocycles. The third-order valence-electron chi connectivity index (χ3n) is 5.39. The zero-order valence-electron chi connectivity index (χ0n) is 18.3. The van der Waals surface area contributed by atoms with E-state index in [4.69, 9.17) is 19.0 Å². The highest BCUT2D eigenvalue weighted by molar-refractivity contribution is 6.60. The van der Waals surface area contributed by atoms with Crippen LogP contribution in [0.15, 0.2) is 0 Å². The molecule has 0 fully saturated rings. The Hall–Kier alpha value is 0.347. The average Bonchev–Trinajstić information content (AvgIpc) is 2.58. The van der Waals surface area contributed by atoms with Gasteiger partial charge in [-0.3, -0.25) is 0 Å². The van der Waals surface area contributed by atoms with Crippen LogP contribution >= 0.6 is 12.4 Å². The number of rotatable bonds is 17. The Morgan fingerprint density at radius 1 is 0.769 bits per heavy atom. The maximum Gasteiger partial charge on any atom is 0.500 e. The monoisotopic (exact) mass is 411 g/mol. The predicted octanol–water partition coefficient (Wildman–Crippen LogP) is 5.95. The second kappa shape index (κ2) is 16.3. The van der Waals surface area contributed by atoms with E-state index in [0.29, 0.717) is 5.92 Å². The number of halogens is 1. The molecule has 0 saturated heterocycles. The first-order valence-electron chi connectivity index (χ1n) is 10.3. The van der Waals surface area contributed by atoms with E-state index in [1.165, 1.54) is 64.2 Å². The summed E-state index contributed by atoms with van der Waals surface area (Å²) in [6.07, 6.45) is 14.7. The van der Waals surface area contributed by atoms with Gasteiger partial charge < -0.3 is 19.0 Å². The van der Waals surface area contributed by atoms with Crippen LogP contribution in [0.3, 0.4) is 0 Å². The fourth-order valence-corrected chi connectivity index (χ4v) is 5.75. The van der Waals surface area contributed by atoms with Crippen LogP contribution < -0.4 is 5.73 Å². The Balaban J connectivity index is 0. The lowest BCUT2D eigenvalue weighted by Crippen LogP contribution is -2.50. The minimum atomic E-state index is -2.57. The van der Waals surface area contributed by atoms with Gasteiger partial charge in [-0.25, -0.2) is 0 Å². The van der Waals surface area contributed by atoms with E-state index in [1.54, 1.807) is 21.3 Å². The summed E-state index contributed by atoms with van der Waals surface area (Å²) in [5, 5.41) is 0. The molecule has 0 heterocycles. The van der Waals surface area contributed by atoms with Crippen molar-refractivity contribution in [2.24, 2.45) is 11.7 Å². The van der Waals surface area contributed by atoms with Gasteiger partial charge in [0.2, 0.25) is 0 Å². The van der Waals surface area contributed by atoms with Crippen LogP contribution in [0.25, 0.3) is 0 Å². The molecule has 160 valence electrons. The molecule has 0 aromatic rings. The van der Waals surface area contributed by atoms with Gasteiger partial charge in [0, 0.05) is 32.9 Å². The van der Waals surface area contributed by atoms with Gasteiger partial charge >= 0.3 is 8.80 Å². The molecule has 0 amide bonds. The molecule has 4 nitrogen and oxygen atoms in total. The van der Waals surface area contributed by atoms with Gasteiger partial charge in [-0.15, -0.1) is 12.4 Å². The first-order valence-corrected chi connectivity index (χ1v) is 12.2. The van der Waals surface area contributed by atoms with Gasteiger partial charge in [0.1, 0.15) is 0 Å². The van der Waals surface area contributed by atoms with Crippen LogP contribution in [0.4, 0.5) is 0 Å². The molecule has 1 atom stereocenters. The van der Waals surface area contributed by atoms with E-state index >= 15 is 0 Å². The van der Waals surface area contributed by atoms with Crippen LogP contribution in [0.5, 0.6) is 0 Å². The molecule has 2 N–H and O–H groups in total. The summed E-state index contributed by atoms with van der Waals surface area (Å²) in [6, 6.07) is 0.789. The molecular weight excluding hydrogens is 366 g/mol. The Bertz CT molecular complexity index is 302. The molecule has 0 spiro atoms. The molecule has 26 heavy (non-hydrogen) atoms. The van der Waals surface area contributed by atoms with Crippen LogP contribution in [0, 0.1) is 5.92 Å². The third-order valence-corrected chi connectivity index (χ3v) is 8.25. The van der Waals surface area contributed by atoms with Crippen molar-refractivity contribution in [2.45, 2.75) is 103 Å². The van der Waals surface area contributed by atoms with Crippen molar-refractivity contribution in [1.82, 2.24) is 0 Å². The summed E-state index contributed by atoms with van der Waals surface area (Å²) in [6.45, 7) is 6.48. The largest absolute Gasteiger partial charge is 0.500 e. The van der Waals surface area contributed by atoms with E-state index in [-0.39, 0.29) is 17.9 Å². The van der Waals surface area contributed by atoms with E-state index in [0.717, 1.165) is 12.5 Å². The minimum Gasteiger partial charge on any atom is -0.377 e. The average molecular weight is 412 g/mol. The van der Waals surface area contributed by atoms with Gasteiger partial charge in [0.05, 0.1) is 0 Å². The zero-order valence-corrected chi connectivity index (χ0v) is 20.1. The highest BCUT2D eigenvalue weighted by atomic mass is 35.5. The predicted molar refractivity (Wildman–Crippen MR) is 117 cm³/mol. The van der Waals surface area contributed by atoms with Crippen LogP contribution in [0.2, 0.25) is 6.04 Å². The summed E-state index contributed by atoms with van der Waals surface area (Å²) < 4.78 is 16.8. The summed E-state index contributed by atoms with van der Waals surface area (Å²) in [5.41, 5.74) is 6.18. The Morgan fingerprint density at radius 3 is 1.50 bits per heavy atom. The Morgan fingerprint density at radius 2 is 1.15 bits per heavy atom. The van der Waals surface area contributed by atoms with Crippen LogP contribution in [-0.2, 0) is 13.3 Å². The minimum absolute atomic E-state index is 0. The number of nitrogens with two attached hydrogens (primary N) is 1. The molecule has 0 saturated carbocycles. The number of unbranched alkanes of at least 4 members (excludes halogenated alkanes) is 9. The highest BCUT2D eigenvalue weighted by Gasteiger charge is 2.43. The van der Waals surface area contributed by atoms with Gasteiger partial charge in [0.15, 0.2) is 0 Å². The second-order valence-corrected chi connectivity index (χ2v) is 11.0. The third kappa shape index (κ3) is 12.7. The van der Waals surface area contributed by atoms with Crippen molar-refractivity contribution < 1.29 is 13.3 Å². The van der Waals surface area contributed by atoms with Crippen LogP contribution in [0.1, 0.15) is 91.4 Å². The highest BCUT2D eigenvalue weighted by Crippen LogP contribution is 2.31. The maximum atomic E-state index is 6.43. The van der Waals surface area contributed by atoms with Crippen molar-refractivity contribution in [2.75, 3.05) is 21.3 Å². The molecule has 0 rings (SSSR count). The molecule has 0 bridgehead atoms. The number of hydrogen-bond acceptors (Lipinski definition) is 4. The first kappa shape index (κ1) is 28.6. The smallest absolute Gasteiger partial charge is 0.377 e. The molecule has 6 heteroatoms. The van der Waals surface area contributed by atoms with Gasteiger partial charge in [-0.2, -0.15) is 0 Å². The SMILES string of the molecule is CCCCCCCCCCCCC(C[Si](OC)(OC)OC)C(C)(C)N.Cl. The quantitative estimate of drug-likeness (QED) is 0.237. The standard InChI is InChI=1S/C20H45NO3Si.ClH/c1-7-8-9-10-11-12-13-14-15-16-17-19(20(2,3)21)18-25(22-4,23-5)24-6;/h19H,7-18,21H2,1-6H3;1H. The lowest BCUT2D eigenvalue weighted by molar-refractivity contribution is 0.111. The van der Waals surface area contributed by atoms with Crippen molar-refractivity contribution in [3.05, 3.63) is 0 Å². The van der Waals surface area contributed by atoms with Crippen molar-refractivity contribution in [1.29, 1.82) is 0 Å². The van der Waals surface area contributed by atoms with E-state index in [1.807, 2.05) is 0 Å². The van der Waals surface area contributed by atoms with Gasteiger partial charge in [0.25, 0.3) is 0 Å². The first-order chi connectivity index (χ1) is 11.8. The van der Waals surface area contributed by atoms with Crippen molar-refractivity contribution in [3.8, 4) is 0 Å². The van der Waals surface area contributed by atoms with E-state index in [9.17, 15) is 0 Å². The molecule has 1 unspecified atom stereocenters. The summed E-state index contributed by atoms with van der Waals surface area (Å²) in [7, 11) is 2.48. The fraction of sp³-hybridized carbons (Fsp3) is 1.00. The summed E-state index contributed by atoms with van der Waals surface area (Å²) >= 11 is 0. The van der Waals surface area contributed by atoms with E-state index in [2.05, 4.69) is 20.8 Å². The molecule has 0 radical (unpaired) electrons. The van der Waals surface area contributed by atoms with Crippen molar-refractivity contribution in [3.63, 3.8) is 0 Å². The second-order valence-electron chi connectivity index (χ2n) is 7.99. The van der Waals surface area contributed by atoms with Gasteiger partial charge in [-0.1, -0.05) is 71.1 Å². The molecule has 0 aliphatic carbocycles. The topological polar surface area (TPSA) is 53.7 Å². The zero-order chi connectivity index (χ0) is 19.2. The van der Waals surface area contributed by atoms with Gasteiger partial charge in [-0.05, 0) is 26.2 Å². The molecular formula is C20H46ClNO3Si. The lowest BCUT2D eigenvalue weighted by atomic mass is 9.85. The normalized spacial score (nSPS) is 13.5. The molecule has 0 aliphatic rings. The molecule has 0 aromatic heterocycles. The Labute approximate surface area is 170 Å². The Kier molecular flexibility index (Phi) is 17.9. The van der Waals surface area contributed by atoms with Crippen molar-refractivity contribution >= 4 is 21.2 Å². The molecule has 0 aliphatic heterocycles. The van der Waals surface area contributed by atoms with Crippen LogP contribution in [-0.4, -0.2) is 35.7 Å². The number of hydrogen-bond donors (Lipinski definition) is 1. The fourth-order valence-electron chi connectivity index (χ4n) is 3.42. The summed E-state index contributed by atoms with van der Waals surface area (Å²) in [5.74, 6) is 0.355. The van der Waals surface area contributed by atoms with E-state index < -0.39 is 8.80 Å².